The van der Waals surface area contributed by atoms with Gasteiger partial charge in [0.15, 0.2) is 5.58 Å². The zero-order valence-corrected chi connectivity index (χ0v) is 11.4. The first-order chi connectivity index (χ1) is 9.22. The molecule has 0 amide bonds. The van der Waals surface area contributed by atoms with E-state index in [1.807, 2.05) is 36.4 Å². The van der Waals surface area contributed by atoms with E-state index in [1.54, 1.807) is 6.07 Å². The van der Waals surface area contributed by atoms with Gasteiger partial charge in [0.05, 0.1) is 11.6 Å². The largest absolute Gasteiger partial charge is 0.437 e. The van der Waals surface area contributed by atoms with Crippen molar-refractivity contribution in [2.45, 2.75) is 6.54 Å². The monoisotopic (exact) mass is 292 g/mol. The van der Waals surface area contributed by atoms with Gasteiger partial charge < -0.3 is 9.73 Å². The van der Waals surface area contributed by atoms with Crippen LogP contribution in [0.25, 0.3) is 11.1 Å². The molecule has 19 heavy (non-hydrogen) atoms. The molecular formula is C14H10Cl2N2O. The normalized spacial score (nSPS) is 10.8. The summed E-state index contributed by atoms with van der Waals surface area (Å²) >= 11 is 11.9. The lowest BCUT2D eigenvalue weighted by molar-refractivity contribution is 0.540. The zero-order valence-electron chi connectivity index (χ0n) is 9.86. The number of benzene rings is 2. The van der Waals surface area contributed by atoms with Crippen molar-refractivity contribution in [2.75, 3.05) is 5.32 Å². The van der Waals surface area contributed by atoms with Crippen LogP contribution in [0.5, 0.6) is 0 Å². The van der Waals surface area contributed by atoms with Crippen molar-refractivity contribution in [1.29, 1.82) is 0 Å². The molecule has 3 nitrogen and oxygen atoms in total. The Balaban J connectivity index is 1.78. The maximum Gasteiger partial charge on any atom is 0.214 e. The lowest BCUT2D eigenvalue weighted by atomic mass is 10.3. The van der Waals surface area contributed by atoms with Crippen molar-refractivity contribution in [1.82, 2.24) is 4.98 Å². The molecule has 5 heteroatoms. The number of para-hydroxylation sites is 1. The summed E-state index contributed by atoms with van der Waals surface area (Å²) in [6, 6.07) is 13.0. The number of nitrogens with zero attached hydrogens (tertiary/aromatic N) is 1. The molecule has 2 aromatic carbocycles. The van der Waals surface area contributed by atoms with E-state index in [-0.39, 0.29) is 0 Å². The maximum atomic E-state index is 6.04. The second-order valence-electron chi connectivity index (χ2n) is 4.06. The first kappa shape index (κ1) is 12.3. The second kappa shape index (κ2) is 5.11. The first-order valence-electron chi connectivity index (χ1n) is 5.76. The minimum Gasteiger partial charge on any atom is -0.437 e. The summed E-state index contributed by atoms with van der Waals surface area (Å²) in [4.78, 5) is 4.37. The van der Waals surface area contributed by atoms with Crippen LogP contribution in [0.3, 0.4) is 0 Å². The molecule has 0 saturated heterocycles. The quantitative estimate of drug-likeness (QED) is 0.757. The number of hydrogen-bond donors (Lipinski definition) is 1. The SMILES string of the molecule is Clc1ccc(NCc2nc3cccc(Cl)c3o2)cc1. The Kier molecular flexibility index (Phi) is 3.32. The molecule has 0 aliphatic carbocycles. The minimum atomic E-state index is 0.493. The van der Waals surface area contributed by atoms with Crippen LogP contribution in [0.4, 0.5) is 5.69 Å². The van der Waals surface area contributed by atoms with Gasteiger partial charge in [-0.2, -0.15) is 0 Å². The molecule has 0 spiro atoms. The summed E-state index contributed by atoms with van der Waals surface area (Å²) in [6.07, 6.45) is 0. The van der Waals surface area contributed by atoms with Gasteiger partial charge in [-0.15, -0.1) is 0 Å². The van der Waals surface area contributed by atoms with Crippen LogP contribution < -0.4 is 5.32 Å². The summed E-state index contributed by atoms with van der Waals surface area (Å²) in [5, 5.41) is 4.49. The fraction of sp³-hybridized carbons (Fsp3) is 0.0714. The average molecular weight is 293 g/mol. The van der Waals surface area contributed by atoms with E-state index in [0.29, 0.717) is 28.1 Å². The lowest BCUT2D eigenvalue weighted by Gasteiger charge is -2.02. The zero-order chi connectivity index (χ0) is 13.2. The number of oxazole rings is 1. The lowest BCUT2D eigenvalue weighted by Crippen LogP contribution is -1.98. The molecule has 0 aliphatic rings. The molecule has 96 valence electrons. The van der Waals surface area contributed by atoms with Gasteiger partial charge in [-0.1, -0.05) is 29.3 Å². The second-order valence-corrected chi connectivity index (χ2v) is 4.90. The Hall–Kier alpha value is -1.71. The standard InChI is InChI=1S/C14H10Cl2N2O/c15-9-4-6-10(7-5-9)17-8-13-18-12-3-1-2-11(16)14(12)19-13/h1-7,17H,8H2. The highest BCUT2D eigenvalue weighted by Gasteiger charge is 2.08. The average Bonchev–Trinajstić information content (AvgIpc) is 2.83. The molecule has 1 heterocycles. The fourth-order valence-electron chi connectivity index (χ4n) is 1.78. The minimum absolute atomic E-state index is 0.493. The Morgan fingerprint density at radius 2 is 1.84 bits per heavy atom. The molecule has 0 saturated carbocycles. The Labute approximate surface area is 120 Å². The van der Waals surface area contributed by atoms with Gasteiger partial charge in [0.25, 0.3) is 0 Å². The number of fused-ring (bicyclic) bond motifs is 1. The van der Waals surface area contributed by atoms with E-state index in [9.17, 15) is 0 Å². The summed E-state index contributed by atoms with van der Waals surface area (Å²) < 4.78 is 5.61. The molecule has 0 unspecified atom stereocenters. The Morgan fingerprint density at radius 3 is 2.58 bits per heavy atom. The molecule has 0 atom stereocenters. The van der Waals surface area contributed by atoms with Gasteiger partial charge in [0.1, 0.15) is 5.52 Å². The molecule has 0 bridgehead atoms. The van der Waals surface area contributed by atoms with Crippen LogP contribution in [-0.2, 0) is 6.54 Å². The third-order valence-corrected chi connectivity index (χ3v) is 3.25. The number of rotatable bonds is 3. The number of nitrogens with one attached hydrogen (secondary N) is 1. The van der Waals surface area contributed by atoms with Crippen LogP contribution in [0.2, 0.25) is 10.0 Å². The highest BCUT2D eigenvalue weighted by Crippen LogP contribution is 2.24. The topological polar surface area (TPSA) is 38.1 Å². The van der Waals surface area contributed by atoms with E-state index in [4.69, 9.17) is 27.6 Å². The third-order valence-electron chi connectivity index (χ3n) is 2.70. The van der Waals surface area contributed by atoms with Gasteiger partial charge in [-0.05, 0) is 36.4 Å². The van der Waals surface area contributed by atoms with Crippen LogP contribution in [0.15, 0.2) is 46.9 Å². The summed E-state index contributed by atoms with van der Waals surface area (Å²) in [5.41, 5.74) is 2.34. The predicted octanol–water partition coefficient (Wildman–Crippen LogP) is 4.75. The van der Waals surface area contributed by atoms with Crippen molar-refractivity contribution >= 4 is 40.0 Å². The summed E-state index contributed by atoms with van der Waals surface area (Å²) in [7, 11) is 0. The van der Waals surface area contributed by atoms with Gasteiger partial charge in [0, 0.05) is 10.7 Å². The number of anilines is 1. The van der Waals surface area contributed by atoms with Gasteiger partial charge >= 0.3 is 0 Å². The predicted molar refractivity (Wildman–Crippen MR) is 77.8 cm³/mol. The molecule has 1 N–H and O–H groups in total. The van der Waals surface area contributed by atoms with Crippen molar-refractivity contribution in [3.8, 4) is 0 Å². The number of hydrogen-bond acceptors (Lipinski definition) is 3. The van der Waals surface area contributed by atoms with Crippen LogP contribution >= 0.6 is 23.2 Å². The van der Waals surface area contributed by atoms with E-state index in [1.165, 1.54) is 0 Å². The number of aromatic nitrogens is 1. The fourth-order valence-corrected chi connectivity index (χ4v) is 2.12. The Morgan fingerprint density at radius 1 is 1.05 bits per heavy atom. The van der Waals surface area contributed by atoms with E-state index >= 15 is 0 Å². The van der Waals surface area contributed by atoms with Crippen molar-refractivity contribution < 1.29 is 4.42 Å². The summed E-state index contributed by atoms with van der Waals surface area (Å²) in [6.45, 7) is 0.493. The molecular weight excluding hydrogens is 283 g/mol. The Bertz CT molecular complexity index is 707. The van der Waals surface area contributed by atoms with Gasteiger partial charge in [-0.3, -0.25) is 0 Å². The smallest absolute Gasteiger partial charge is 0.214 e. The van der Waals surface area contributed by atoms with Crippen molar-refractivity contribution in [3.63, 3.8) is 0 Å². The highest BCUT2D eigenvalue weighted by atomic mass is 35.5. The third kappa shape index (κ3) is 2.67. The van der Waals surface area contributed by atoms with Crippen LogP contribution in [0, 0.1) is 0 Å². The molecule has 1 aromatic heterocycles. The van der Waals surface area contributed by atoms with Gasteiger partial charge in [0.2, 0.25) is 5.89 Å². The molecule has 0 fully saturated rings. The van der Waals surface area contributed by atoms with E-state index in [2.05, 4.69) is 10.3 Å². The number of halogens is 2. The van der Waals surface area contributed by atoms with Crippen molar-refractivity contribution in [3.05, 3.63) is 58.4 Å². The molecule has 0 aliphatic heterocycles. The first-order valence-corrected chi connectivity index (χ1v) is 6.51. The molecule has 3 aromatic rings. The highest BCUT2D eigenvalue weighted by molar-refractivity contribution is 6.34. The van der Waals surface area contributed by atoms with Crippen molar-refractivity contribution in [2.24, 2.45) is 0 Å². The van der Waals surface area contributed by atoms with E-state index in [0.717, 1.165) is 11.2 Å². The van der Waals surface area contributed by atoms with Crippen LogP contribution in [-0.4, -0.2) is 4.98 Å². The summed E-state index contributed by atoms with van der Waals surface area (Å²) in [5.74, 6) is 0.595. The molecule has 0 radical (unpaired) electrons. The van der Waals surface area contributed by atoms with E-state index < -0.39 is 0 Å². The maximum absolute atomic E-state index is 6.04. The molecule has 3 rings (SSSR count). The van der Waals surface area contributed by atoms with Crippen LogP contribution in [0.1, 0.15) is 5.89 Å². The van der Waals surface area contributed by atoms with Gasteiger partial charge in [-0.25, -0.2) is 4.98 Å².